The summed E-state index contributed by atoms with van der Waals surface area (Å²) >= 11 is 12.1. The van der Waals surface area contributed by atoms with E-state index >= 15 is 0 Å². The molecular formula is C14H17Cl2N. The Labute approximate surface area is 114 Å². The summed E-state index contributed by atoms with van der Waals surface area (Å²) in [6.07, 6.45) is 5.50. The van der Waals surface area contributed by atoms with Gasteiger partial charge in [-0.1, -0.05) is 43.0 Å². The highest BCUT2D eigenvalue weighted by Crippen LogP contribution is 2.26. The predicted octanol–water partition coefficient (Wildman–Crippen LogP) is 4.30. The first-order chi connectivity index (χ1) is 7.95. The third kappa shape index (κ3) is 3.92. The molecule has 92 valence electrons. The average molecular weight is 270 g/mol. The maximum Gasteiger partial charge on any atom is 0.0714 e. The van der Waals surface area contributed by atoms with Gasteiger partial charge in [0.25, 0.3) is 0 Å². The molecule has 17 heavy (non-hydrogen) atoms. The Morgan fingerprint density at radius 3 is 2.41 bits per heavy atom. The number of rotatable bonds is 4. The van der Waals surface area contributed by atoms with E-state index in [2.05, 4.69) is 25.1 Å². The van der Waals surface area contributed by atoms with Crippen LogP contribution in [-0.4, -0.2) is 6.04 Å². The van der Waals surface area contributed by atoms with Gasteiger partial charge in [0, 0.05) is 16.1 Å². The van der Waals surface area contributed by atoms with Gasteiger partial charge in [-0.2, -0.15) is 0 Å². The molecule has 3 heteroatoms. The van der Waals surface area contributed by atoms with Crippen LogP contribution in [0.25, 0.3) is 0 Å². The van der Waals surface area contributed by atoms with Gasteiger partial charge in [0.1, 0.15) is 0 Å². The first kappa shape index (κ1) is 14.4. The summed E-state index contributed by atoms with van der Waals surface area (Å²) in [4.78, 5) is 0. The summed E-state index contributed by atoms with van der Waals surface area (Å²) in [5.41, 5.74) is 0.972. The molecule has 0 heterocycles. The molecule has 0 aliphatic carbocycles. The lowest BCUT2D eigenvalue weighted by molar-refractivity contribution is 0.432. The summed E-state index contributed by atoms with van der Waals surface area (Å²) in [6.45, 7) is 6.21. The molecule has 0 aliphatic rings. The van der Waals surface area contributed by atoms with Crippen molar-refractivity contribution in [3.63, 3.8) is 0 Å². The Balaban J connectivity index is 2.86. The van der Waals surface area contributed by atoms with E-state index < -0.39 is 0 Å². The van der Waals surface area contributed by atoms with Crippen LogP contribution in [0, 0.1) is 18.3 Å². The van der Waals surface area contributed by atoms with E-state index in [9.17, 15) is 0 Å². The molecule has 0 bridgehead atoms. The molecule has 1 aromatic carbocycles. The summed E-state index contributed by atoms with van der Waals surface area (Å²) in [5, 5.41) is 4.75. The summed E-state index contributed by atoms with van der Waals surface area (Å²) in [5.74, 6) is 3.12. The van der Waals surface area contributed by atoms with Crippen LogP contribution in [-0.2, 0) is 0 Å². The van der Waals surface area contributed by atoms with Crippen LogP contribution in [0.1, 0.15) is 32.4 Å². The largest absolute Gasteiger partial charge is 0.297 e. The van der Waals surface area contributed by atoms with E-state index in [-0.39, 0.29) is 12.1 Å². The lowest BCUT2D eigenvalue weighted by Crippen LogP contribution is -2.34. The molecular weight excluding hydrogens is 253 g/mol. The number of hydrogen-bond donors (Lipinski definition) is 1. The fraction of sp³-hybridized carbons (Fsp3) is 0.429. The standard InChI is InChI=1S/C14H17Cl2N/c1-5-14(9(2)3)17-10(4)12-8-11(15)6-7-13(12)16/h1,6-10,14,17H,2-4H3. The minimum Gasteiger partial charge on any atom is -0.297 e. The molecule has 1 rings (SSSR count). The molecule has 0 radical (unpaired) electrons. The van der Waals surface area contributed by atoms with Crippen molar-refractivity contribution >= 4 is 23.2 Å². The van der Waals surface area contributed by atoms with Crippen LogP contribution in [0.15, 0.2) is 18.2 Å². The van der Waals surface area contributed by atoms with Crippen LogP contribution in [0.2, 0.25) is 10.0 Å². The molecule has 1 aromatic rings. The lowest BCUT2D eigenvalue weighted by Gasteiger charge is -2.23. The van der Waals surface area contributed by atoms with Crippen LogP contribution >= 0.6 is 23.2 Å². The second kappa shape index (κ2) is 6.31. The second-order valence-corrected chi connectivity index (χ2v) is 5.29. The monoisotopic (exact) mass is 269 g/mol. The van der Waals surface area contributed by atoms with Gasteiger partial charge in [0.15, 0.2) is 0 Å². The van der Waals surface area contributed by atoms with Gasteiger partial charge < -0.3 is 0 Å². The van der Waals surface area contributed by atoms with E-state index in [1.54, 1.807) is 12.1 Å². The van der Waals surface area contributed by atoms with Crippen LogP contribution in [0.3, 0.4) is 0 Å². The van der Waals surface area contributed by atoms with Crippen molar-refractivity contribution in [3.05, 3.63) is 33.8 Å². The molecule has 2 atom stereocenters. The molecule has 2 unspecified atom stereocenters. The van der Waals surface area contributed by atoms with E-state index in [1.807, 2.05) is 13.0 Å². The normalized spacial score (nSPS) is 14.4. The highest BCUT2D eigenvalue weighted by Gasteiger charge is 2.16. The molecule has 1 nitrogen and oxygen atoms in total. The molecule has 0 spiro atoms. The average Bonchev–Trinajstić information content (AvgIpc) is 2.28. The summed E-state index contributed by atoms with van der Waals surface area (Å²) in [7, 11) is 0. The number of benzene rings is 1. The summed E-state index contributed by atoms with van der Waals surface area (Å²) < 4.78 is 0. The first-order valence-electron chi connectivity index (χ1n) is 5.62. The fourth-order valence-electron chi connectivity index (χ4n) is 1.64. The van der Waals surface area contributed by atoms with E-state index in [1.165, 1.54) is 0 Å². The van der Waals surface area contributed by atoms with Gasteiger partial charge in [-0.25, -0.2) is 0 Å². The molecule has 0 saturated carbocycles. The van der Waals surface area contributed by atoms with Gasteiger partial charge in [-0.15, -0.1) is 6.42 Å². The number of nitrogens with one attached hydrogen (secondary N) is 1. The Bertz CT molecular complexity index is 421. The van der Waals surface area contributed by atoms with Crippen LogP contribution < -0.4 is 5.32 Å². The van der Waals surface area contributed by atoms with E-state index in [0.29, 0.717) is 16.0 Å². The van der Waals surface area contributed by atoms with Crippen molar-refractivity contribution in [2.75, 3.05) is 0 Å². The maximum atomic E-state index is 6.15. The predicted molar refractivity (Wildman–Crippen MR) is 75.5 cm³/mol. The number of terminal acetylenes is 1. The third-order valence-corrected chi connectivity index (χ3v) is 3.28. The van der Waals surface area contributed by atoms with Gasteiger partial charge in [-0.05, 0) is 36.6 Å². The first-order valence-corrected chi connectivity index (χ1v) is 6.38. The molecule has 0 amide bonds. The Kier molecular flexibility index (Phi) is 5.33. The second-order valence-electron chi connectivity index (χ2n) is 4.44. The number of halogens is 2. The van der Waals surface area contributed by atoms with E-state index in [0.717, 1.165) is 5.56 Å². The Morgan fingerprint density at radius 2 is 1.88 bits per heavy atom. The smallest absolute Gasteiger partial charge is 0.0714 e. The minimum absolute atomic E-state index is 0.0278. The van der Waals surface area contributed by atoms with E-state index in [4.69, 9.17) is 29.6 Å². The number of hydrogen-bond acceptors (Lipinski definition) is 1. The topological polar surface area (TPSA) is 12.0 Å². The van der Waals surface area contributed by atoms with Gasteiger partial charge in [-0.3, -0.25) is 5.32 Å². The SMILES string of the molecule is C#CC(NC(C)c1cc(Cl)ccc1Cl)C(C)C. The molecule has 0 aliphatic heterocycles. The molecule has 0 saturated heterocycles. The zero-order valence-electron chi connectivity index (χ0n) is 10.3. The van der Waals surface area contributed by atoms with Crippen molar-refractivity contribution < 1.29 is 0 Å². The molecule has 1 N–H and O–H groups in total. The van der Waals surface area contributed by atoms with Crippen LogP contribution in [0.4, 0.5) is 0 Å². The Morgan fingerprint density at radius 1 is 1.24 bits per heavy atom. The third-order valence-electron chi connectivity index (χ3n) is 2.70. The van der Waals surface area contributed by atoms with Gasteiger partial charge in [0.05, 0.1) is 6.04 Å². The highest BCUT2D eigenvalue weighted by molar-refractivity contribution is 6.33. The maximum absolute atomic E-state index is 6.15. The van der Waals surface area contributed by atoms with Crippen molar-refractivity contribution in [1.82, 2.24) is 5.32 Å². The van der Waals surface area contributed by atoms with Crippen molar-refractivity contribution in [1.29, 1.82) is 0 Å². The minimum atomic E-state index is 0.0278. The van der Waals surface area contributed by atoms with Crippen molar-refractivity contribution in [2.24, 2.45) is 5.92 Å². The Hall–Kier alpha value is -0.680. The highest BCUT2D eigenvalue weighted by atomic mass is 35.5. The van der Waals surface area contributed by atoms with Gasteiger partial charge in [0.2, 0.25) is 0 Å². The van der Waals surface area contributed by atoms with Crippen LogP contribution in [0.5, 0.6) is 0 Å². The zero-order valence-corrected chi connectivity index (χ0v) is 11.8. The van der Waals surface area contributed by atoms with Crippen molar-refractivity contribution in [2.45, 2.75) is 32.9 Å². The zero-order chi connectivity index (χ0) is 13.0. The fourth-order valence-corrected chi connectivity index (χ4v) is 2.10. The molecule has 0 fully saturated rings. The quantitative estimate of drug-likeness (QED) is 0.804. The lowest BCUT2D eigenvalue weighted by atomic mass is 10.0. The molecule has 0 aromatic heterocycles. The van der Waals surface area contributed by atoms with Crippen molar-refractivity contribution in [3.8, 4) is 12.3 Å². The summed E-state index contributed by atoms with van der Waals surface area (Å²) in [6, 6.07) is 5.55. The van der Waals surface area contributed by atoms with Gasteiger partial charge >= 0.3 is 0 Å².